The van der Waals surface area contributed by atoms with Crippen LogP contribution in [0.1, 0.15) is 49.3 Å². The summed E-state index contributed by atoms with van der Waals surface area (Å²) in [5.41, 5.74) is 3.89. The smallest absolute Gasteiger partial charge is 0.133 e. The van der Waals surface area contributed by atoms with Crippen LogP contribution in [0.25, 0.3) is 0 Å². The second kappa shape index (κ2) is 6.72. The number of phenols is 1. The van der Waals surface area contributed by atoms with E-state index in [0.717, 1.165) is 48.1 Å². The van der Waals surface area contributed by atoms with Crippen LogP contribution in [0.15, 0.2) is 54.6 Å². The van der Waals surface area contributed by atoms with Crippen LogP contribution in [0.2, 0.25) is 0 Å². The zero-order chi connectivity index (χ0) is 19.2. The van der Waals surface area contributed by atoms with Gasteiger partial charge < -0.3 is 14.9 Å². The van der Waals surface area contributed by atoms with Gasteiger partial charge in [0, 0.05) is 17.5 Å². The lowest BCUT2D eigenvalue weighted by atomic mass is 9.63. The quantitative estimate of drug-likeness (QED) is 0.769. The lowest BCUT2D eigenvalue weighted by Crippen LogP contribution is -2.56. The molecule has 3 heteroatoms. The summed E-state index contributed by atoms with van der Waals surface area (Å²) in [6.45, 7) is 8.23. The zero-order valence-corrected chi connectivity index (χ0v) is 16.1. The summed E-state index contributed by atoms with van der Waals surface area (Å²) < 4.78 is 6.26. The number of ether oxygens (including phenoxy) is 1. The molecule has 4 rings (SSSR count). The number of aryl methyl sites for hydroxylation is 2. The molecule has 1 aliphatic heterocycles. The molecule has 27 heavy (non-hydrogen) atoms. The lowest BCUT2D eigenvalue weighted by molar-refractivity contribution is -0.106. The highest BCUT2D eigenvalue weighted by Crippen LogP contribution is 2.54. The monoisotopic (exact) mass is 364 g/mol. The molecule has 142 valence electrons. The molecule has 1 aliphatic carbocycles. The molecule has 1 heterocycles. The molecule has 2 aromatic carbocycles. The van der Waals surface area contributed by atoms with Crippen molar-refractivity contribution in [3.63, 3.8) is 0 Å². The predicted octanol–water partition coefficient (Wildman–Crippen LogP) is 4.76. The topological polar surface area (TPSA) is 49.7 Å². The Balaban J connectivity index is 1.77. The normalized spacial score (nSPS) is 28.9. The molecule has 2 aliphatic rings. The molecule has 0 aromatic heterocycles. The Morgan fingerprint density at radius 1 is 1.22 bits per heavy atom. The number of allylic oxidation sites excluding steroid dienone is 1. The van der Waals surface area contributed by atoms with Gasteiger partial charge in [0.05, 0.1) is 0 Å². The number of aliphatic hydroxyl groups is 1. The maximum Gasteiger partial charge on any atom is 0.133 e. The average Bonchev–Trinajstić information content (AvgIpc) is 2.62. The van der Waals surface area contributed by atoms with Crippen molar-refractivity contribution >= 4 is 0 Å². The largest absolute Gasteiger partial charge is 0.508 e. The van der Waals surface area contributed by atoms with Crippen LogP contribution in [-0.4, -0.2) is 21.9 Å². The van der Waals surface area contributed by atoms with E-state index in [1.807, 2.05) is 31.2 Å². The van der Waals surface area contributed by atoms with Crippen molar-refractivity contribution in [3.8, 4) is 11.5 Å². The standard InChI is InChI=1S/C24H28O3/c1-15(2)19-11-12-24(3)23(26)22(19)21-17(13-18(25)14-20(21)27-24)10-9-16-7-5-4-6-8-16/h4-8,13-14,19,22-23,25-26H,1,9-12H2,2-3H3/t19-,22-,23-,24-/m1/s1. The Kier molecular flexibility index (Phi) is 4.51. The van der Waals surface area contributed by atoms with Crippen LogP contribution in [0.4, 0.5) is 0 Å². The summed E-state index contributed by atoms with van der Waals surface area (Å²) in [6, 6.07) is 13.9. The van der Waals surface area contributed by atoms with Crippen LogP contribution in [0.3, 0.4) is 0 Å². The van der Waals surface area contributed by atoms with Crippen molar-refractivity contribution in [2.45, 2.75) is 57.2 Å². The van der Waals surface area contributed by atoms with E-state index in [-0.39, 0.29) is 17.6 Å². The Hall–Kier alpha value is -2.26. The molecule has 0 amide bonds. The van der Waals surface area contributed by atoms with Crippen LogP contribution >= 0.6 is 0 Å². The number of benzene rings is 2. The first-order valence-corrected chi connectivity index (χ1v) is 9.81. The van der Waals surface area contributed by atoms with Crippen LogP contribution < -0.4 is 4.74 Å². The number of aliphatic hydroxyl groups excluding tert-OH is 1. The van der Waals surface area contributed by atoms with Gasteiger partial charge in [0.1, 0.15) is 23.2 Å². The van der Waals surface area contributed by atoms with E-state index in [1.165, 1.54) is 5.56 Å². The minimum atomic E-state index is -0.603. The molecule has 0 spiro atoms. The van der Waals surface area contributed by atoms with Crippen LogP contribution in [-0.2, 0) is 12.8 Å². The first-order valence-electron chi connectivity index (χ1n) is 9.81. The van der Waals surface area contributed by atoms with E-state index < -0.39 is 11.7 Å². The third-order valence-electron chi connectivity index (χ3n) is 6.40. The first-order chi connectivity index (χ1) is 12.9. The van der Waals surface area contributed by atoms with Gasteiger partial charge in [-0.05, 0) is 62.6 Å². The van der Waals surface area contributed by atoms with E-state index in [1.54, 1.807) is 6.07 Å². The van der Waals surface area contributed by atoms with Gasteiger partial charge in [-0.15, -0.1) is 0 Å². The van der Waals surface area contributed by atoms with Crippen LogP contribution in [0.5, 0.6) is 11.5 Å². The van der Waals surface area contributed by atoms with Gasteiger partial charge in [-0.3, -0.25) is 0 Å². The molecule has 4 atom stereocenters. The third kappa shape index (κ3) is 3.14. The number of aromatic hydroxyl groups is 1. The van der Waals surface area contributed by atoms with Gasteiger partial charge in [-0.1, -0.05) is 42.5 Å². The molecule has 0 radical (unpaired) electrons. The minimum absolute atomic E-state index is 0.0311. The molecule has 3 nitrogen and oxygen atoms in total. The van der Waals surface area contributed by atoms with Crippen molar-refractivity contribution in [1.29, 1.82) is 0 Å². The molecule has 0 unspecified atom stereocenters. The Morgan fingerprint density at radius 3 is 2.67 bits per heavy atom. The van der Waals surface area contributed by atoms with Crippen molar-refractivity contribution in [3.05, 3.63) is 71.3 Å². The molecule has 1 fully saturated rings. The minimum Gasteiger partial charge on any atom is -0.508 e. The fourth-order valence-corrected chi connectivity index (χ4v) is 4.91. The predicted molar refractivity (Wildman–Crippen MR) is 107 cm³/mol. The van der Waals surface area contributed by atoms with Gasteiger partial charge in [0.2, 0.25) is 0 Å². The fraction of sp³-hybridized carbons (Fsp3) is 0.417. The number of hydrogen-bond acceptors (Lipinski definition) is 3. The molecule has 2 N–H and O–H groups in total. The van der Waals surface area contributed by atoms with Gasteiger partial charge in [-0.25, -0.2) is 0 Å². The van der Waals surface area contributed by atoms with Gasteiger partial charge >= 0.3 is 0 Å². The highest BCUT2D eigenvalue weighted by molar-refractivity contribution is 5.52. The summed E-state index contributed by atoms with van der Waals surface area (Å²) in [7, 11) is 0. The van der Waals surface area contributed by atoms with E-state index in [9.17, 15) is 10.2 Å². The molecule has 2 bridgehead atoms. The molecule has 2 aromatic rings. The number of hydrogen-bond donors (Lipinski definition) is 2. The summed E-state index contributed by atoms with van der Waals surface area (Å²) >= 11 is 0. The number of phenolic OH excluding ortho intramolecular Hbond substituents is 1. The average molecular weight is 364 g/mol. The van der Waals surface area contributed by atoms with Gasteiger partial charge in [0.25, 0.3) is 0 Å². The van der Waals surface area contributed by atoms with Crippen molar-refractivity contribution in [2.24, 2.45) is 5.92 Å². The summed E-state index contributed by atoms with van der Waals surface area (Å²) in [5.74, 6) is 1.15. The van der Waals surface area contributed by atoms with Crippen molar-refractivity contribution in [1.82, 2.24) is 0 Å². The second-order valence-corrected chi connectivity index (χ2v) is 8.38. The SMILES string of the molecule is C=C(C)[C@H]1CC[C@@]2(C)Oc3cc(O)cc(CCc4ccccc4)c3[C@@H]1[C@H]2O. The highest BCUT2D eigenvalue weighted by atomic mass is 16.5. The second-order valence-electron chi connectivity index (χ2n) is 8.38. The number of fused-ring (bicyclic) bond motifs is 4. The van der Waals surface area contributed by atoms with Gasteiger partial charge in [0.15, 0.2) is 0 Å². The summed E-state index contributed by atoms with van der Waals surface area (Å²) in [6.07, 6.45) is 2.87. The van der Waals surface area contributed by atoms with E-state index in [4.69, 9.17) is 4.74 Å². The van der Waals surface area contributed by atoms with E-state index in [0.29, 0.717) is 0 Å². The van der Waals surface area contributed by atoms with Crippen molar-refractivity contribution in [2.75, 3.05) is 0 Å². The third-order valence-corrected chi connectivity index (χ3v) is 6.40. The van der Waals surface area contributed by atoms with Crippen molar-refractivity contribution < 1.29 is 14.9 Å². The number of rotatable bonds is 4. The summed E-state index contributed by atoms with van der Waals surface area (Å²) in [5, 5.41) is 21.5. The molecule has 0 saturated heterocycles. The highest BCUT2D eigenvalue weighted by Gasteiger charge is 2.53. The lowest BCUT2D eigenvalue weighted by Gasteiger charge is -2.52. The first kappa shape index (κ1) is 18.1. The Bertz CT molecular complexity index is 857. The fourth-order valence-electron chi connectivity index (χ4n) is 4.91. The maximum absolute atomic E-state index is 11.2. The van der Waals surface area contributed by atoms with E-state index in [2.05, 4.69) is 25.6 Å². The Morgan fingerprint density at radius 2 is 1.96 bits per heavy atom. The van der Waals surface area contributed by atoms with E-state index >= 15 is 0 Å². The molecule has 1 saturated carbocycles. The summed E-state index contributed by atoms with van der Waals surface area (Å²) in [4.78, 5) is 0. The Labute approximate surface area is 161 Å². The van der Waals surface area contributed by atoms with Crippen LogP contribution in [0, 0.1) is 5.92 Å². The molecular formula is C24H28O3. The van der Waals surface area contributed by atoms with Gasteiger partial charge in [-0.2, -0.15) is 0 Å². The molecular weight excluding hydrogens is 336 g/mol. The maximum atomic E-state index is 11.2. The zero-order valence-electron chi connectivity index (χ0n) is 16.1.